The normalized spacial score (nSPS) is 26.9. The standard InChI is InChI=1S/C9H17NO4S/c1-9(2,3)14-7(12)10-6(4-11)5-15-8(10)13/h6,8,11,13H,4-5H2,1-3H3. The molecule has 15 heavy (non-hydrogen) atoms. The van der Waals surface area contributed by atoms with E-state index in [4.69, 9.17) is 9.84 Å². The summed E-state index contributed by atoms with van der Waals surface area (Å²) < 4.78 is 5.13. The maximum Gasteiger partial charge on any atom is 0.413 e. The highest BCUT2D eigenvalue weighted by atomic mass is 32.2. The van der Waals surface area contributed by atoms with Crippen LogP contribution in [-0.4, -0.2) is 50.8 Å². The van der Waals surface area contributed by atoms with Gasteiger partial charge in [-0.05, 0) is 20.8 Å². The number of thioether (sulfide) groups is 1. The van der Waals surface area contributed by atoms with E-state index in [9.17, 15) is 9.90 Å². The van der Waals surface area contributed by atoms with Crippen LogP contribution in [0.1, 0.15) is 20.8 Å². The minimum Gasteiger partial charge on any atom is -0.444 e. The zero-order valence-electron chi connectivity index (χ0n) is 9.14. The summed E-state index contributed by atoms with van der Waals surface area (Å²) >= 11 is 1.21. The molecular weight excluding hydrogens is 218 g/mol. The van der Waals surface area contributed by atoms with Crippen LogP contribution in [0, 0.1) is 0 Å². The van der Waals surface area contributed by atoms with Crippen LogP contribution in [0.15, 0.2) is 0 Å². The van der Waals surface area contributed by atoms with E-state index in [2.05, 4.69) is 0 Å². The van der Waals surface area contributed by atoms with Gasteiger partial charge in [0.2, 0.25) is 0 Å². The molecule has 2 unspecified atom stereocenters. The maximum absolute atomic E-state index is 11.7. The molecule has 1 aliphatic rings. The van der Waals surface area contributed by atoms with E-state index < -0.39 is 17.3 Å². The first-order valence-electron chi connectivity index (χ1n) is 4.77. The minimum absolute atomic E-state index is 0.163. The fourth-order valence-corrected chi connectivity index (χ4v) is 2.31. The van der Waals surface area contributed by atoms with E-state index in [0.29, 0.717) is 5.75 Å². The summed E-state index contributed by atoms with van der Waals surface area (Å²) in [5.41, 5.74) is -1.51. The number of rotatable bonds is 1. The highest BCUT2D eigenvalue weighted by Gasteiger charge is 2.38. The third kappa shape index (κ3) is 3.25. The lowest BCUT2D eigenvalue weighted by Gasteiger charge is -2.28. The van der Waals surface area contributed by atoms with Crippen LogP contribution in [-0.2, 0) is 4.74 Å². The van der Waals surface area contributed by atoms with Crippen molar-refractivity contribution >= 4 is 17.9 Å². The lowest BCUT2D eigenvalue weighted by Crippen LogP contribution is -2.45. The van der Waals surface area contributed by atoms with Crippen LogP contribution in [0.5, 0.6) is 0 Å². The molecule has 0 aliphatic carbocycles. The zero-order chi connectivity index (χ0) is 11.6. The van der Waals surface area contributed by atoms with Gasteiger partial charge in [-0.25, -0.2) is 4.79 Å². The third-order valence-corrected chi connectivity index (χ3v) is 2.99. The van der Waals surface area contributed by atoms with Crippen molar-refractivity contribution in [2.24, 2.45) is 0 Å². The molecule has 1 amide bonds. The molecule has 0 aromatic heterocycles. The highest BCUT2D eigenvalue weighted by molar-refractivity contribution is 8.00. The Bertz CT molecular complexity index is 241. The molecule has 1 saturated heterocycles. The second-order valence-electron chi connectivity index (χ2n) is 4.38. The van der Waals surface area contributed by atoms with Crippen LogP contribution in [0.25, 0.3) is 0 Å². The maximum atomic E-state index is 11.7. The predicted molar refractivity (Wildman–Crippen MR) is 57.4 cm³/mol. The average molecular weight is 235 g/mol. The zero-order valence-corrected chi connectivity index (χ0v) is 9.95. The van der Waals surface area contributed by atoms with Crippen molar-refractivity contribution in [3.8, 4) is 0 Å². The van der Waals surface area contributed by atoms with Gasteiger partial charge in [-0.2, -0.15) is 0 Å². The molecule has 0 aromatic carbocycles. The van der Waals surface area contributed by atoms with Crippen molar-refractivity contribution in [3.63, 3.8) is 0 Å². The van der Waals surface area contributed by atoms with Gasteiger partial charge in [0.05, 0.1) is 12.6 Å². The number of aliphatic hydroxyl groups excluding tert-OH is 2. The molecule has 1 fully saturated rings. The Morgan fingerprint density at radius 1 is 1.60 bits per heavy atom. The number of hydrogen-bond donors (Lipinski definition) is 2. The lowest BCUT2D eigenvalue weighted by atomic mass is 10.2. The van der Waals surface area contributed by atoms with E-state index in [-0.39, 0.29) is 12.6 Å². The van der Waals surface area contributed by atoms with Crippen molar-refractivity contribution in [2.75, 3.05) is 12.4 Å². The van der Waals surface area contributed by atoms with Gasteiger partial charge in [-0.3, -0.25) is 4.90 Å². The fraction of sp³-hybridized carbons (Fsp3) is 0.889. The van der Waals surface area contributed by atoms with Gasteiger partial charge < -0.3 is 14.9 Å². The monoisotopic (exact) mass is 235 g/mol. The topological polar surface area (TPSA) is 70.0 Å². The van der Waals surface area contributed by atoms with Crippen LogP contribution in [0.4, 0.5) is 4.79 Å². The van der Waals surface area contributed by atoms with Crippen molar-refractivity contribution in [1.82, 2.24) is 4.90 Å². The smallest absolute Gasteiger partial charge is 0.413 e. The lowest BCUT2D eigenvalue weighted by molar-refractivity contribution is -0.0156. The van der Waals surface area contributed by atoms with Crippen molar-refractivity contribution in [1.29, 1.82) is 0 Å². The van der Waals surface area contributed by atoms with Crippen molar-refractivity contribution in [2.45, 2.75) is 38.0 Å². The molecule has 6 heteroatoms. The Kier molecular flexibility index (Phi) is 3.86. The fourth-order valence-electron chi connectivity index (χ4n) is 1.23. The van der Waals surface area contributed by atoms with Gasteiger partial charge in [0.1, 0.15) is 5.60 Å². The number of carbonyl (C=O) groups excluding carboxylic acids is 1. The first-order valence-corrected chi connectivity index (χ1v) is 5.82. The van der Waals surface area contributed by atoms with Gasteiger partial charge >= 0.3 is 6.09 Å². The van der Waals surface area contributed by atoms with Crippen LogP contribution >= 0.6 is 11.8 Å². The molecule has 2 N–H and O–H groups in total. The molecule has 5 nitrogen and oxygen atoms in total. The highest BCUT2D eigenvalue weighted by Crippen LogP contribution is 2.28. The van der Waals surface area contributed by atoms with Crippen molar-refractivity contribution in [3.05, 3.63) is 0 Å². The Morgan fingerprint density at radius 2 is 2.20 bits per heavy atom. The van der Waals surface area contributed by atoms with E-state index in [0.717, 1.165) is 0 Å². The summed E-state index contributed by atoms with van der Waals surface area (Å²) in [5, 5.41) is 18.6. The molecule has 1 aliphatic heterocycles. The molecule has 2 atom stereocenters. The average Bonchev–Trinajstić information content (AvgIpc) is 2.43. The first kappa shape index (κ1) is 12.6. The van der Waals surface area contributed by atoms with E-state index >= 15 is 0 Å². The first-order chi connectivity index (χ1) is 6.85. The Hall–Kier alpha value is -0.460. The van der Waals surface area contributed by atoms with Crippen LogP contribution < -0.4 is 0 Å². The molecule has 0 bridgehead atoms. The number of amides is 1. The minimum atomic E-state index is -0.919. The molecular formula is C9H17NO4S. The Morgan fingerprint density at radius 3 is 2.67 bits per heavy atom. The van der Waals surface area contributed by atoms with Gasteiger partial charge in [-0.1, -0.05) is 0 Å². The SMILES string of the molecule is CC(C)(C)OC(=O)N1C(CO)CSC1O. The summed E-state index contributed by atoms with van der Waals surface area (Å²) in [6, 6.07) is -0.361. The summed E-state index contributed by atoms with van der Waals surface area (Å²) in [7, 11) is 0. The summed E-state index contributed by atoms with van der Waals surface area (Å²) in [5.74, 6) is 0.525. The second kappa shape index (κ2) is 4.59. The predicted octanol–water partition coefficient (Wildman–Crippen LogP) is 0.607. The van der Waals surface area contributed by atoms with Gasteiger partial charge in [0.25, 0.3) is 0 Å². The third-order valence-electron chi connectivity index (χ3n) is 1.88. The molecule has 0 radical (unpaired) electrons. The number of hydrogen-bond acceptors (Lipinski definition) is 5. The summed E-state index contributed by atoms with van der Waals surface area (Å²) in [6.45, 7) is 5.11. The molecule has 0 aromatic rings. The molecule has 0 spiro atoms. The van der Waals surface area contributed by atoms with Crippen LogP contribution in [0.2, 0.25) is 0 Å². The van der Waals surface area contributed by atoms with E-state index in [1.807, 2.05) is 0 Å². The van der Waals surface area contributed by atoms with Gasteiger partial charge in [-0.15, -0.1) is 11.8 Å². The Balaban J connectivity index is 2.64. The van der Waals surface area contributed by atoms with E-state index in [1.54, 1.807) is 20.8 Å². The van der Waals surface area contributed by atoms with Gasteiger partial charge in [0, 0.05) is 5.75 Å². The molecule has 1 rings (SSSR count). The largest absolute Gasteiger partial charge is 0.444 e. The molecule has 0 saturated carbocycles. The summed E-state index contributed by atoms with van der Waals surface area (Å²) in [6.07, 6.45) is -0.584. The van der Waals surface area contributed by atoms with Crippen LogP contribution in [0.3, 0.4) is 0 Å². The summed E-state index contributed by atoms with van der Waals surface area (Å²) in [4.78, 5) is 12.8. The van der Waals surface area contributed by atoms with Crippen molar-refractivity contribution < 1.29 is 19.7 Å². The number of carbonyl (C=O) groups is 1. The van der Waals surface area contributed by atoms with E-state index in [1.165, 1.54) is 16.7 Å². The second-order valence-corrected chi connectivity index (χ2v) is 5.47. The number of ether oxygens (including phenoxy) is 1. The Labute approximate surface area is 93.4 Å². The van der Waals surface area contributed by atoms with Gasteiger partial charge in [0.15, 0.2) is 5.56 Å². The number of aliphatic hydroxyl groups is 2. The number of nitrogens with zero attached hydrogens (tertiary/aromatic N) is 1. The quantitative estimate of drug-likeness (QED) is 0.696. The molecule has 88 valence electrons. The molecule has 1 heterocycles.